The van der Waals surface area contributed by atoms with Crippen LogP contribution >= 0.6 is 0 Å². The van der Waals surface area contributed by atoms with Crippen molar-refractivity contribution < 1.29 is 22.7 Å². The molecule has 0 fully saturated rings. The van der Waals surface area contributed by atoms with Crippen LogP contribution in [0.5, 0.6) is 11.6 Å². The van der Waals surface area contributed by atoms with Crippen molar-refractivity contribution in [1.29, 1.82) is 0 Å². The predicted molar refractivity (Wildman–Crippen MR) is 145 cm³/mol. The number of benzene rings is 3. The van der Waals surface area contributed by atoms with E-state index in [2.05, 4.69) is 15.3 Å². The van der Waals surface area contributed by atoms with Crippen LogP contribution in [0.1, 0.15) is 32.7 Å². The van der Waals surface area contributed by atoms with Gasteiger partial charge in [0.2, 0.25) is 5.88 Å². The fraction of sp³-hybridized carbons (Fsp3) is 0.0938. The van der Waals surface area contributed by atoms with Gasteiger partial charge in [0.25, 0.3) is 5.91 Å². The highest BCUT2D eigenvalue weighted by atomic mass is 19.4. The number of nitrogens with zero attached hydrogens (tertiary/aromatic N) is 2. The number of carbonyl (C=O) groups excluding carboxylic acids is 1. The summed E-state index contributed by atoms with van der Waals surface area (Å²) >= 11 is 0. The van der Waals surface area contributed by atoms with Gasteiger partial charge < -0.3 is 10.1 Å². The summed E-state index contributed by atoms with van der Waals surface area (Å²) in [5.41, 5.74) is -0.791. The molecule has 5 nitrogen and oxygen atoms in total. The smallest absolute Gasteiger partial charge is 0.416 e. The van der Waals surface area contributed by atoms with Crippen molar-refractivity contribution in [3.8, 4) is 11.6 Å². The number of hydrogen-bond acceptors (Lipinski definition) is 4. The molecular weight excluding hydrogens is 515 g/mol. The minimum absolute atomic E-state index is 0.0601. The summed E-state index contributed by atoms with van der Waals surface area (Å²) in [6.07, 6.45) is -1.41. The zero-order valence-electron chi connectivity index (χ0n) is 21.2. The van der Waals surface area contributed by atoms with Crippen molar-refractivity contribution in [3.63, 3.8) is 0 Å². The predicted octanol–water partition coefficient (Wildman–Crippen LogP) is 7.20. The zero-order valence-corrected chi connectivity index (χ0v) is 21.2. The van der Waals surface area contributed by atoms with E-state index in [1.54, 1.807) is 66.9 Å². The van der Waals surface area contributed by atoms with Gasteiger partial charge in [0.05, 0.1) is 11.3 Å². The summed E-state index contributed by atoms with van der Waals surface area (Å²) in [4.78, 5) is 22.8. The van der Waals surface area contributed by atoms with Crippen LogP contribution in [0, 0.1) is 0 Å². The van der Waals surface area contributed by atoms with Crippen molar-refractivity contribution in [3.05, 3.63) is 156 Å². The van der Waals surface area contributed by atoms with Gasteiger partial charge in [-0.2, -0.15) is 13.2 Å². The van der Waals surface area contributed by atoms with Crippen LogP contribution in [0.3, 0.4) is 0 Å². The third-order valence-electron chi connectivity index (χ3n) is 6.40. The van der Waals surface area contributed by atoms with Crippen molar-refractivity contribution in [2.45, 2.75) is 18.1 Å². The zero-order chi connectivity index (χ0) is 28.0. The minimum Gasteiger partial charge on any atom is -0.438 e. The number of hydrogen-bond donors (Lipinski definition) is 1. The molecule has 0 radical (unpaired) electrons. The molecule has 2 heterocycles. The molecule has 1 unspecified atom stereocenters. The van der Waals surface area contributed by atoms with Crippen LogP contribution in [0.2, 0.25) is 0 Å². The van der Waals surface area contributed by atoms with Crippen molar-refractivity contribution >= 4 is 5.91 Å². The van der Waals surface area contributed by atoms with Crippen LogP contribution in [0.15, 0.2) is 128 Å². The molecular formula is C32H24F3N3O2. The number of para-hydroxylation sites is 1. The quantitative estimate of drug-likeness (QED) is 0.226. The first-order chi connectivity index (χ1) is 19.3. The van der Waals surface area contributed by atoms with Gasteiger partial charge in [0, 0.05) is 18.8 Å². The van der Waals surface area contributed by atoms with Gasteiger partial charge in [0.15, 0.2) is 0 Å². The molecule has 0 bridgehead atoms. The number of pyridine rings is 2. The summed E-state index contributed by atoms with van der Waals surface area (Å²) in [7, 11) is 0. The molecule has 0 saturated carbocycles. The van der Waals surface area contributed by atoms with E-state index in [0.717, 1.165) is 17.7 Å². The average Bonchev–Trinajstić information content (AvgIpc) is 2.98. The first-order valence-corrected chi connectivity index (χ1v) is 12.5. The van der Waals surface area contributed by atoms with Crippen LogP contribution in [-0.2, 0) is 18.1 Å². The second-order valence-electron chi connectivity index (χ2n) is 9.09. The van der Waals surface area contributed by atoms with Gasteiger partial charge in [-0.15, -0.1) is 0 Å². The highest BCUT2D eigenvalue weighted by Crippen LogP contribution is 2.37. The maximum atomic E-state index is 14.0. The Kier molecular flexibility index (Phi) is 7.59. The Bertz CT molecular complexity index is 1580. The molecule has 1 N–H and O–H groups in total. The number of nitrogens with one attached hydrogen (secondary N) is 1. The molecule has 200 valence electrons. The number of rotatable bonds is 8. The molecule has 3 aromatic carbocycles. The molecule has 0 spiro atoms. The molecule has 5 aromatic rings. The minimum atomic E-state index is -4.58. The normalized spacial score (nSPS) is 12.8. The molecule has 0 aliphatic heterocycles. The number of halogens is 3. The number of alkyl halides is 3. The highest BCUT2D eigenvalue weighted by Gasteiger charge is 2.40. The van der Waals surface area contributed by atoms with E-state index >= 15 is 0 Å². The standard InChI is InChI=1S/C32H24F3N3O2/c33-32(34,35)25-14-9-13-24(21-25)31(28-18-7-8-19-36-28,22-23-11-3-1-4-12-23)38-29(39)27-17-10-20-37-30(27)40-26-15-5-2-6-16-26/h1-21H,22H2,(H,38,39). The SMILES string of the molecule is O=C(NC(Cc1ccccc1)(c1cccc(C(F)(F)F)c1)c1ccccn1)c1cccnc1Oc1ccccc1. The molecule has 1 amide bonds. The van der Waals surface area contributed by atoms with Crippen molar-refractivity contribution in [2.75, 3.05) is 0 Å². The Morgan fingerprint density at radius 3 is 2.10 bits per heavy atom. The van der Waals surface area contributed by atoms with E-state index in [0.29, 0.717) is 11.4 Å². The lowest BCUT2D eigenvalue weighted by Gasteiger charge is -2.36. The van der Waals surface area contributed by atoms with Crippen LogP contribution in [0.4, 0.5) is 13.2 Å². The lowest BCUT2D eigenvalue weighted by Crippen LogP contribution is -2.49. The van der Waals surface area contributed by atoms with Gasteiger partial charge >= 0.3 is 6.18 Å². The maximum Gasteiger partial charge on any atom is 0.416 e. The molecule has 5 rings (SSSR count). The van der Waals surface area contributed by atoms with Crippen molar-refractivity contribution in [2.24, 2.45) is 0 Å². The molecule has 1 atom stereocenters. The summed E-state index contributed by atoms with van der Waals surface area (Å²) in [5, 5.41) is 3.04. The Balaban J connectivity index is 1.65. The lowest BCUT2D eigenvalue weighted by molar-refractivity contribution is -0.137. The Morgan fingerprint density at radius 1 is 0.725 bits per heavy atom. The number of carbonyl (C=O) groups is 1. The Hall–Kier alpha value is -4.98. The third kappa shape index (κ3) is 5.86. The number of aromatic nitrogens is 2. The summed E-state index contributed by atoms with van der Waals surface area (Å²) in [6.45, 7) is 0. The second-order valence-corrected chi connectivity index (χ2v) is 9.09. The summed E-state index contributed by atoms with van der Waals surface area (Å²) in [5.74, 6) is -0.0451. The van der Waals surface area contributed by atoms with E-state index < -0.39 is 23.2 Å². The van der Waals surface area contributed by atoms with E-state index in [4.69, 9.17) is 4.74 Å². The monoisotopic (exact) mass is 539 g/mol. The van der Waals surface area contributed by atoms with Gasteiger partial charge in [-0.3, -0.25) is 9.78 Å². The van der Waals surface area contributed by atoms with E-state index in [9.17, 15) is 18.0 Å². The molecule has 40 heavy (non-hydrogen) atoms. The largest absolute Gasteiger partial charge is 0.438 e. The average molecular weight is 540 g/mol. The third-order valence-corrected chi connectivity index (χ3v) is 6.40. The molecule has 8 heteroatoms. The van der Waals surface area contributed by atoms with Crippen LogP contribution in [0.25, 0.3) is 0 Å². The first-order valence-electron chi connectivity index (χ1n) is 12.5. The fourth-order valence-electron chi connectivity index (χ4n) is 4.51. The van der Waals surface area contributed by atoms with E-state index in [1.165, 1.54) is 12.3 Å². The fourth-order valence-corrected chi connectivity index (χ4v) is 4.51. The van der Waals surface area contributed by atoms with Crippen LogP contribution in [-0.4, -0.2) is 15.9 Å². The molecule has 2 aromatic heterocycles. The van der Waals surface area contributed by atoms with Crippen LogP contribution < -0.4 is 10.1 Å². The molecule has 0 aliphatic carbocycles. The van der Waals surface area contributed by atoms with E-state index in [1.807, 2.05) is 36.4 Å². The Morgan fingerprint density at radius 2 is 1.40 bits per heavy atom. The number of amides is 1. The number of ether oxygens (including phenoxy) is 1. The lowest BCUT2D eigenvalue weighted by atomic mass is 9.79. The maximum absolute atomic E-state index is 14.0. The van der Waals surface area contributed by atoms with Crippen molar-refractivity contribution in [1.82, 2.24) is 15.3 Å². The summed E-state index contributed by atoms with van der Waals surface area (Å²) < 4.78 is 47.4. The molecule has 0 aliphatic rings. The summed E-state index contributed by atoms with van der Waals surface area (Å²) in [6, 6.07) is 31.3. The van der Waals surface area contributed by atoms with Gasteiger partial charge in [-0.1, -0.05) is 66.7 Å². The first kappa shape index (κ1) is 26.6. The van der Waals surface area contributed by atoms with Gasteiger partial charge in [-0.25, -0.2) is 4.98 Å². The molecule has 0 saturated heterocycles. The second kappa shape index (κ2) is 11.4. The highest BCUT2D eigenvalue weighted by molar-refractivity contribution is 5.97. The van der Waals surface area contributed by atoms with Gasteiger partial charge in [0.1, 0.15) is 16.9 Å². The van der Waals surface area contributed by atoms with E-state index in [-0.39, 0.29) is 23.4 Å². The topological polar surface area (TPSA) is 64.1 Å². The van der Waals surface area contributed by atoms with Gasteiger partial charge in [-0.05, 0) is 59.7 Å². The Labute approximate surface area is 229 Å².